The van der Waals surface area contributed by atoms with Gasteiger partial charge < -0.3 is 10.4 Å². The number of aliphatic hydroxyl groups excluding tert-OH is 1. The van der Waals surface area contributed by atoms with Crippen molar-refractivity contribution in [1.82, 2.24) is 10.3 Å². The van der Waals surface area contributed by atoms with Crippen LogP contribution in [0.3, 0.4) is 0 Å². The van der Waals surface area contributed by atoms with Gasteiger partial charge in [0.05, 0.1) is 6.10 Å². The molecule has 0 aromatic carbocycles. The summed E-state index contributed by atoms with van der Waals surface area (Å²) in [5, 5.41) is 12.3. The molecule has 0 unspecified atom stereocenters. The summed E-state index contributed by atoms with van der Waals surface area (Å²) in [4.78, 5) is 4.03. The number of hydrogen-bond donors (Lipinski definition) is 2. The molecule has 13 heavy (non-hydrogen) atoms. The minimum absolute atomic E-state index is 0.239. The Morgan fingerprint density at radius 2 is 2.31 bits per heavy atom. The summed E-state index contributed by atoms with van der Waals surface area (Å²) in [6, 6.07) is 4.17. The average Bonchev–Trinajstić information content (AvgIpc) is 2.15. The van der Waals surface area contributed by atoms with Crippen LogP contribution in [0.4, 0.5) is 0 Å². The van der Waals surface area contributed by atoms with E-state index in [-0.39, 0.29) is 12.1 Å². The number of rotatable bonds is 4. The first-order valence-electron chi connectivity index (χ1n) is 4.51. The third kappa shape index (κ3) is 3.53. The van der Waals surface area contributed by atoms with Crippen molar-refractivity contribution in [1.29, 1.82) is 0 Å². The van der Waals surface area contributed by atoms with Crippen LogP contribution in [0.2, 0.25) is 0 Å². The van der Waals surface area contributed by atoms with Gasteiger partial charge in [-0.3, -0.25) is 4.98 Å². The molecule has 1 aromatic heterocycles. The SMILES string of the molecule is C[C@@H](O)CN[C@H](C)c1cccnc1. The van der Waals surface area contributed by atoms with Crippen LogP contribution >= 0.6 is 0 Å². The molecule has 2 atom stereocenters. The van der Waals surface area contributed by atoms with Crippen molar-refractivity contribution in [3.05, 3.63) is 30.1 Å². The van der Waals surface area contributed by atoms with E-state index in [1.54, 1.807) is 13.1 Å². The van der Waals surface area contributed by atoms with E-state index in [9.17, 15) is 0 Å². The largest absolute Gasteiger partial charge is 0.392 e. The summed E-state index contributed by atoms with van der Waals surface area (Å²) < 4.78 is 0. The fourth-order valence-corrected chi connectivity index (χ4v) is 1.10. The number of aromatic nitrogens is 1. The van der Waals surface area contributed by atoms with Crippen LogP contribution in [0.15, 0.2) is 24.5 Å². The Bertz CT molecular complexity index is 236. The first-order chi connectivity index (χ1) is 6.20. The zero-order valence-corrected chi connectivity index (χ0v) is 8.07. The van der Waals surface area contributed by atoms with Gasteiger partial charge in [-0.15, -0.1) is 0 Å². The zero-order chi connectivity index (χ0) is 9.68. The molecule has 0 radical (unpaired) electrons. The van der Waals surface area contributed by atoms with E-state index >= 15 is 0 Å². The molecular weight excluding hydrogens is 164 g/mol. The molecule has 1 aromatic rings. The first-order valence-corrected chi connectivity index (χ1v) is 4.51. The van der Waals surface area contributed by atoms with Gasteiger partial charge in [-0.05, 0) is 25.5 Å². The molecule has 1 rings (SSSR count). The van der Waals surface area contributed by atoms with Gasteiger partial charge in [-0.25, -0.2) is 0 Å². The van der Waals surface area contributed by atoms with Crippen molar-refractivity contribution in [2.75, 3.05) is 6.54 Å². The fourth-order valence-electron chi connectivity index (χ4n) is 1.10. The lowest BCUT2D eigenvalue weighted by atomic mass is 10.1. The number of aliphatic hydroxyl groups is 1. The van der Waals surface area contributed by atoms with E-state index in [1.165, 1.54) is 0 Å². The van der Waals surface area contributed by atoms with E-state index in [0.29, 0.717) is 6.54 Å². The molecule has 0 bridgehead atoms. The monoisotopic (exact) mass is 180 g/mol. The second-order valence-electron chi connectivity index (χ2n) is 3.27. The molecular formula is C10H16N2O. The maximum absolute atomic E-state index is 9.07. The summed E-state index contributed by atoms with van der Waals surface area (Å²) >= 11 is 0. The standard InChI is InChI=1S/C10H16N2O/c1-8(13)6-12-9(2)10-4-3-5-11-7-10/h3-5,7-9,12-13H,6H2,1-2H3/t8-,9-/m1/s1. The van der Waals surface area contributed by atoms with Crippen molar-refractivity contribution in [3.63, 3.8) is 0 Å². The predicted octanol–water partition coefficient (Wildman–Crippen LogP) is 1.11. The maximum Gasteiger partial charge on any atom is 0.0636 e. The van der Waals surface area contributed by atoms with Crippen LogP contribution < -0.4 is 5.32 Å². The van der Waals surface area contributed by atoms with Gasteiger partial charge in [0.25, 0.3) is 0 Å². The summed E-state index contributed by atoms with van der Waals surface area (Å²) in [5.41, 5.74) is 1.14. The average molecular weight is 180 g/mol. The Morgan fingerprint density at radius 1 is 1.54 bits per heavy atom. The van der Waals surface area contributed by atoms with Crippen LogP contribution in [0.25, 0.3) is 0 Å². The van der Waals surface area contributed by atoms with E-state index in [0.717, 1.165) is 5.56 Å². The highest BCUT2D eigenvalue weighted by atomic mass is 16.3. The molecule has 3 nitrogen and oxygen atoms in total. The topological polar surface area (TPSA) is 45.1 Å². The number of nitrogens with one attached hydrogen (secondary N) is 1. The second kappa shape index (κ2) is 4.94. The van der Waals surface area contributed by atoms with Gasteiger partial charge in [0.15, 0.2) is 0 Å². The summed E-state index contributed by atoms with van der Waals surface area (Å²) in [6.45, 7) is 4.43. The van der Waals surface area contributed by atoms with E-state index in [1.807, 2.05) is 18.3 Å². The lowest BCUT2D eigenvalue weighted by molar-refractivity contribution is 0.187. The Balaban J connectivity index is 2.44. The molecule has 0 aliphatic rings. The third-order valence-corrected chi connectivity index (χ3v) is 1.90. The molecule has 0 fully saturated rings. The Labute approximate surface area is 78.8 Å². The molecule has 0 spiro atoms. The quantitative estimate of drug-likeness (QED) is 0.729. The predicted molar refractivity (Wildman–Crippen MR) is 52.3 cm³/mol. The highest BCUT2D eigenvalue weighted by molar-refractivity contribution is 5.12. The number of nitrogens with zero attached hydrogens (tertiary/aromatic N) is 1. The van der Waals surface area contributed by atoms with Crippen molar-refractivity contribution >= 4 is 0 Å². The zero-order valence-electron chi connectivity index (χ0n) is 8.07. The maximum atomic E-state index is 9.07. The lowest BCUT2D eigenvalue weighted by Gasteiger charge is -2.14. The van der Waals surface area contributed by atoms with Crippen molar-refractivity contribution < 1.29 is 5.11 Å². The van der Waals surface area contributed by atoms with Crippen molar-refractivity contribution in [2.45, 2.75) is 26.0 Å². The second-order valence-corrected chi connectivity index (χ2v) is 3.27. The van der Waals surface area contributed by atoms with Crippen LogP contribution in [-0.4, -0.2) is 22.7 Å². The van der Waals surface area contributed by atoms with Gasteiger partial charge >= 0.3 is 0 Å². The smallest absolute Gasteiger partial charge is 0.0636 e. The molecule has 72 valence electrons. The molecule has 0 saturated carbocycles. The molecule has 1 heterocycles. The summed E-state index contributed by atoms with van der Waals surface area (Å²) in [7, 11) is 0. The van der Waals surface area contributed by atoms with Crippen LogP contribution in [0.5, 0.6) is 0 Å². The molecule has 0 aliphatic carbocycles. The van der Waals surface area contributed by atoms with E-state index in [4.69, 9.17) is 5.11 Å². The normalized spacial score (nSPS) is 15.3. The van der Waals surface area contributed by atoms with Crippen LogP contribution in [0, 0.1) is 0 Å². The summed E-state index contributed by atoms with van der Waals surface area (Å²) in [6.07, 6.45) is 3.28. The van der Waals surface area contributed by atoms with Crippen molar-refractivity contribution in [3.8, 4) is 0 Å². The lowest BCUT2D eigenvalue weighted by Crippen LogP contribution is -2.27. The Kier molecular flexibility index (Phi) is 3.86. The highest BCUT2D eigenvalue weighted by Crippen LogP contribution is 2.08. The third-order valence-electron chi connectivity index (χ3n) is 1.90. The van der Waals surface area contributed by atoms with Crippen molar-refractivity contribution in [2.24, 2.45) is 0 Å². The molecule has 2 N–H and O–H groups in total. The Morgan fingerprint density at radius 3 is 2.85 bits per heavy atom. The minimum Gasteiger partial charge on any atom is -0.392 e. The molecule has 0 saturated heterocycles. The molecule has 0 aliphatic heterocycles. The minimum atomic E-state index is -0.306. The van der Waals surface area contributed by atoms with Gasteiger partial charge in [0, 0.05) is 25.0 Å². The van der Waals surface area contributed by atoms with Gasteiger partial charge in [0.2, 0.25) is 0 Å². The van der Waals surface area contributed by atoms with Crippen LogP contribution in [-0.2, 0) is 0 Å². The first kappa shape index (κ1) is 10.2. The van der Waals surface area contributed by atoms with Crippen LogP contribution in [0.1, 0.15) is 25.5 Å². The van der Waals surface area contributed by atoms with Gasteiger partial charge in [0.1, 0.15) is 0 Å². The molecule has 0 amide bonds. The fraction of sp³-hybridized carbons (Fsp3) is 0.500. The van der Waals surface area contributed by atoms with Gasteiger partial charge in [-0.2, -0.15) is 0 Å². The van der Waals surface area contributed by atoms with E-state index < -0.39 is 0 Å². The number of hydrogen-bond acceptors (Lipinski definition) is 3. The number of pyridine rings is 1. The highest BCUT2D eigenvalue weighted by Gasteiger charge is 2.04. The molecule has 3 heteroatoms. The van der Waals surface area contributed by atoms with Gasteiger partial charge in [-0.1, -0.05) is 6.07 Å². The summed E-state index contributed by atoms with van der Waals surface area (Å²) in [5.74, 6) is 0. The van der Waals surface area contributed by atoms with E-state index in [2.05, 4.69) is 17.2 Å². The Hall–Kier alpha value is -0.930.